The van der Waals surface area contributed by atoms with E-state index in [1.807, 2.05) is 5.01 Å². The average molecular weight is 214 g/mol. The van der Waals surface area contributed by atoms with E-state index in [2.05, 4.69) is 20.8 Å². The molecule has 0 aliphatic carbocycles. The van der Waals surface area contributed by atoms with E-state index in [4.69, 9.17) is 5.84 Å². The zero-order chi connectivity index (χ0) is 11.5. The first-order valence-corrected chi connectivity index (χ1v) is 6.66. The van der Waals surface area contributed by atoms with Crippen LogP contribution in [0, 0.1) is 5.92 Å². The first kappa shape index (κ1) is 14.9. The maximum Gasteiger partial charge on any atom is 0.0128 e. The molecule has 0 radical (unpaired) electrons. The van der Waals surface area contributed by atoms with Crippen LogP contribution in [0.15, 0.2) is 0 Å². The molecule has 2 heteroatoms. The Hall–Kier alpha value is -0.0800. The van der Waals surface area contributed by atoms with E-state index in [1.165, 1.54) is 44.9 Å². The molecule has 0 rings (SSSR count). The summed E-state index contributed by atoms with van der Waals surface area (Å²) in [5, 5.41) is 1.99. The lowest BCUT2D eigenvalue weighted by Gasteiger charge is -2.16. The molecule has 2 nitrogen and oxygen atoms in total. The summed E-state index contributed by atoms with van der Waals surface area (Å²) in [4.78, 5) is 0. The summed E-state index contributed by atoms with van der Waals surface area (Å²) in [7, 11) is 0. The van der Waals surface area contributed by atoms with Crippen LogP contribution in [0.25, 0.3) is 0 Å². The van der Waals surface area contributed by atoms with Crippen molar-refractivity contribution in [2.24, 2.45) is 11.8 Å². The molecule has 0 unspecified atom stereocenters. The van der Waals surface area contributed by atoms with Crippen LogP contribution in [-0.4, -0.2) is 18.1 Å². The maximum absolute atomic E-state index is 5.91. The molecular weight excluding hydrogens is 184 g/mol. The predicted octanol–water partition coefficient (Wildman–Crippen LogP) is 3.57. The van der Waals surface area contributed by atoms with Crippen molar-refractivity contribution in [2.45, 2.75) is 65.7 Å². The van der Waals surface area contributed by atoms with E-state index in [0.29, 0.717) is 0 Å². The molecule has 0 heterocycles. The first-order chi connectivity index (χ1) is 7.16. The van der Waals surface area contributed by atoms with Crippen molar-refractivity contribution < 1.29 is 0 Å². The van der Waals surface area contributed by atoms with Crippen molar-refractivity contribution in [3.05, 3.63) is 0 Å². The van der Waals surface area contributed by atoms with Crippen LogP contribution in [0.2, 0.25) is 0 Å². The maximum atomic E-state index is 5.91. The summed E-state index contributed by atoms with van der Waals surface area (Å²) in [5.41, 5.74) is 0. The van der Waals surface area contributed by atoms with Crippen LogP contribution < -0.4 is 5.84 Å². The van der Waals surface area contributed by atoms with Crippen LogP contribution >= 0.6 is 0 Å². The number of hydrazine groups is 1. The van der Waals surface area contributed by atoms with E-state index < -0.39 is 0 Å². The highest BCUT2D eigenvalue weighted by Gasteiger charge is 2.00. The quantitative estimate of drug-likeness (QED) is 0.342. The van der Waals surface area contributed by atoms with Gasteiger partial charge in [-0.3, -0.25) is 5.84 Å². The molecule has 15 heavy (non-hydrogen) atoms. The van der Waals surface area contributed by atoms with Gasteiger partial charge in [0.25, 0.3) is 0 Å². The van der Waals surface area contributed by atoms with Gasteiger partial charge in [0.15, 0.2) is 0 Å². The van der Waals surface area contributed by atoms with Gasteiger partial charge < -0.3 is 0 Å². The van der Waals surface area contributed by atoms with Crippen molar-refractivity contribution in [1.29, 1.82) is 0 Å². The lowest BCUT2D eigenvalue weighted by molar-refractivity contribution is 0.264. The smallest absolute Gasteiger partial charge is 0.0128 e. The topological polar surface area (TPSA) is 29.3 Å². The molecule has 92 valence electrons. The fourth-order valence-electron chi connectivity index (χ4n) is 1.73. The highest BCUT2D eigenvalue weighted by atomic mass is 15.4. The Balaban J connectivity index is 3.15. The molecule has 0 amide bonds. The molecule has 0 saturated carbocycles. The molecule has 0 aromatic heterocycles. The van der Waals surface area contributed by atoms with Crippen LogP contribution in [-0.2, 0) is 0 Å². The minimum Gasteiger partial charge on any atom is -0.269 e. The second kappa shape index (κ2) is 10.4. The van der Waals surface area contributed by atoms with Gasteiger partial charge in [-0.1, -0.05) is 46.5 Å². The van der Waals surface area contributed by atoms with Crippen LogP contribution in [0.5, 0.6) is 0 Å². The van der Waals surface area contributed by atoms with Crippen molar-refractivity contribution in [1.82, 2.24) is 5.01 Å². The third-order valence-corrected chi connectivity index (χ3v) is 2.78. The zero-order valence-electron chi connectivity index (χ0n) is 11.0. The van der Waals surface area contributed by atoms with Gasteiger partial charge >= 0.3 is 0 Å². The minimum absolute atomic E-state index is 0.808. The van der Waals surface area contributed by atoms with Crippen molar-refractivity contribution in [3.63, 3.8) is 0 Å². The third-order valence-electron chi connectivity index (χ3n) is 2.78. The van der Waals surface area contributed by atoms with E-state index >= 15 is 0 Å². The van der Waals surface area contributed by atoms with Crippen molar-refractivity contribution in [3.8, 4) is 0 Å². The molecule has 0 fully saturated rings. The first-order valence-electron chi connectivity index (χ1n) is 6.66. The summed E-state index contributed by atoms with van der Waals surface area (Å²) in [5.74, 6) is 6.72. The predicted molar refractivity (Wildman–Crippen MR) is 68.6 cm³/mol. The Morgan fingerprint density at radius 3 is 2.13 bits per heavy atom. The normalized spacial score (nSPS) is 11.6. The van der Waals surface area contributed by atoms with E-state index in [1.54, 1.807) is 0 Å². The number of rotatable bonds is 10. The van der Waals surface area contributed by atoms with Gasteiger partial charge in [0.2, 0.25) is 0 Å². The minimum atomic E-state index is 0.808. The Kier molecular flexibility index (Phi) is 10.4. The standard InChI is InChI=1S/C13H30N2/c1-4-5-6-7-8-11-15(14)12-9-10-13(2)3/h13H,4-12,14H2,1-3H3. The number of nitrogens with two attached hydrogens (primary N) is 1. The monoisotopic (exact) mass is 214 g/mol. The van der Waals surface area contributed by atoms with Gasteiger partial charge in [-0.05, 0) is 25.2 Å². The fraction of sp³-hybridized carbons (Fsp3) is 1.00. The molecule has 0 bridgehead atoms. The number of hydrogen-bond acceptors (Lipinski definition) is 2. The Morgan fingerprint density at radius 1 is 0.933 bits per heavy atom. The van der Waals surface area contributed by atoms with E-state index in [-0.39, 0.29) is 0 Å². The molecule has 0 saturated heterocycles. The zero-order valence-corrected chi connectivity index (χ0v) is 11.0. The van der Waals surface area contributed by atoms with Gasteiger partial charge in [0, 0.05) is 13.1 Å². The Labute approximate surface area is 96.2 Å². The van der Waals surface area contributed by atoms with Gasteiger partial charge in [0.1, 0.15) is 0 Å². The SMILES string of the molecule is CCCCCCCN(N)CCCC(C)C. The molecule has 2 N–H and O–H groups in total. The van der Waals surface area contributed by atoms with Gasteiger partial charge in [0.05, 0.1) is 0 Å². The summed E-state index contributed by atoms with van der Waals surface area (Å²) in [6.07, 6.45) is 9.20. The molecule has 0 spiro atoms. The molecule has 0 aromatic carbocycles. The molecule has 0 aliphatic heterocycles. The summed E-state index contributed by atoms with van der Waals surface area (Å²) in [6.45, 7) is 8.92. The van der Waals surface area contributed by atoms with E-state index in [0.717, 1.165) is 19.0 Å². The molecule has 0 aliphatic rings. The summed E-state index contributed by atoms with van der Waals surface area (Å²) < 4.78 is 0. The van der Waals surface area contributed by atoms with Crippen molar-refractivity contribution in [2.75, 3.05) is 13.1 Å². The van der Waals surface area contributed by atoms with Gasteiger partial charge in [-0.25, -0.2) is 5.01 Å². The second-order valence-corrected chi connectivity index (χ2v) is 4.99. The lowest BCUT2D eigenvalue weighted by atomic mass is 10.1. The summed E-state index contributed by atoms with van der Waals surface area (Å²) in [6, 6.07) is 0. The Bertz CT molecular complexity index is 124. The highest BCUT2D eigenvalue weighted by molar-refractivity contribution is 4.53. The third kappa shape index (κ3) is 11.8. The van der Waals surface area contributed by atoms with Crippen LogP contribution in [0.3, 0.4) is 0 Å². The second-order valence-electron chi connectivity index (χ2n) is 4.99. The number of unbranched alkanes of at least 4 members (excludes halogenated alkanes) is 4. The molecular formula is C13H30N2. The molecule has 0 atom stereocenters. The fourth-order valence-corrected chi connectivity index (χ4v) is 1.73. The lowest BCUT2D eigenvalue weighted by Crippen LogP contribution is -2.33. The highest BCUT2D eigenvalue weighted by Crippen LogP contribution is 2.05. The van der Waals surface area contributed by atoms with E-state index in [9.17, 15) is 0 Å². The largest absolute Gasteiger partial charge is 0.269 e. The van der Waals surface area contributed by atoms with Gasteiger partial charge in [-0.2, -0.15) is 0 Å². The Morgan fingerprint density at radius 2 is 1.53 bits per heavy atom. The number of nitrogens with zero attached hydrogens (tertiary/aromatic N) is 1. The van der Waals surface area contributed by atoms with Crippen molar-refractivity contribution >= 4 is 0 Å². The van der Waals surface area contributed by atoms with Crippen LogP contribution in [0.4, 0.5) is 0 Å². The average Bonchev–Trinajstić information content (AvgIpc) is 2.17. The summed E-state index contributed by atoms with van der Waals surface area (Å²) >= 11 is 0. The molecule has 0 aromatic rings. The van der Waals surface area contributed by atoms with Crippen LogP contribution in [0.1, 0.15) is 65.7 Å². The van der Waals surface area contributed by atoms with Gasteiger partial charge in [-0.15, -0.1) is 0 Å². The number of hydrogen-bond donors (Lipinski definition) is 1.